The number of rotatable bonds is 4. The van der Waals surface area contributed by atoms with Crippen LogP contribution >= 0.6 is 0 Å². The maximum atomic E-state index is 13.3. The Hall–Kier alpha value is -2.04. The molecule has 1 rings (SSSR count). The highest BCUT2D eigenvalue weighted by molar-refractivity contribution is 6.00. The lowest BCUT2D eigenvalue weighted by atomic mass is 9.90. The molecule has 0 aromatic carbocycles. The molecule has 0 fully saturated rings. The predicted octanol–water partition coefficient (Wildman–Crippen LogP) is 1.52. The minimum atomic E-state index is -5.10. The van der Waals surface area contributed by atoms with Crippen molar-refractivity contribution in [1.29, 1.82) is 5.26 Å². The number of nitrogens with one attached hydrogen (secondary N) is 2. The minimum absolute atomic E-state index is 0.140. The molecule has 5 nitrogen and oxygen atoms in total. The average Bonchev–Trinajstić information content (AvgIpc) is 2.57. The number of unbranched alkanes of at least 4 members (excludes halogenated alkanes) is 1. The molecule has 0 aliphatic carbocycles. The molecule has 0 bridgehead atoms. The highest BCUT2D eigenvalue weighted by Gasteiger charge is 2.67. The number of nitrogens with zero attached hydrogens (tertiary/aromatic N) is 1. The number of alkyl halides is 3. The van der Waals surface area contributed by atoms with E-state index in [0.29, 0.717) is 12.8 Å². The molecule has 8 heteroatoms. The van der Waals surface area contributed by atoms with Gasteiger partial charge in [-0.2, -0.15) is 18.4 Å². The molecule has 0 spiro atoms. The van der Waals surface area contributed by atoms with E-state index in [2.05, 4.69) is 0 Å². The van der Waals surface area contributed by atoms with Gasteiger partial charge in [0.15, 0.2) is 0 Å². The topological polar surface area (TPSA) is 82.0 Å². The van der Waals surface area contributed by atoms with Crippen LogP contribution in [0.3, 0.4) is 0 Å². The SMILES string of the molecule is CCCCC(=O)N[C@]1(C(F)(F)F)C(=O)NC(C)=C1C#N. The van der Waals surface area contributed by atoms with Crippen LogP contribution in [0.2, 0.25) is 0 Å². The van der Waals surface area contributed by atoms with Crippen LogP contribution in [0.15, 0.2) is 11.3 Å². The molecular weight excluding hydrogens is 275 g/mol. The molecule has 1 aliphatic rings. The first-order valence-corrected chi connectivity index (χ1v) is 6.01. The molecule has 0 aromatic rings. The maximum absolute atomic E-state index is 13.3. The first-order valence-electron chi connectivity index (χ1n) is 6.01. The van der Waals surface area contributed by atoms with Gasteiger partial charge in [-0.15, -0.1) is 0 Å². The molecule has 20 heavy (non-hydrogen) atoms. The zero-order chi connectivity index (χ0) is 15.6. The number of hydrogen-bond acceptors (Lipinski definition) is 3. The lowest BCUT2D eigenvalue weighted by Crippen LogP contribution is -2.64. The largest absolute Gasteiger partial charge is 0.425 e. The molecule has 2 N–H and O–H groups in total. The van der Waals surface area contributed by atoms with E-state index < -0.39 is 29.1 Å². The van der Waals surface area contributed by atoms with Gasteiger partial charge in [-0.05, 0) is 13.3 Å². The normalized spacial score (nSPS) is 22.5. The highest BCUT2D eigenvalue weighted by Crippen LogP contribution is 2.40. The average molecular weight is 289 g/mol. The number of carbonyl (C=O) groups is 2. The Labute approximate surface area is 113 Å². The summed E-state index contributed by atoms with van der Waals surface area (Å²) in [5, 5.41) is 12.5. The number of amides is 2. The highest BCUT2D eigenvalue weighted by atomic mass is 19.4. The Morgan fingerprint density at radius 2 is 2.10 bits per heavy atom. The van der Waals surface area contributed by atoms with Crippen molar-refractivity contribution in [3.63, 3.8) is 0 Å². The molecule has 1 heterocycles. The number of carbonyl (C=O) groups excluding carboxylic acids is 2. The molecule has 0 radical (unpaired) electrons. The predicted molar refractivity (Wildman–Crippen MR) is 62.9 cm³/mol. The summed E-state index contributed by atoms with van der Waals surface area (Å²) in [5.74, 6) is -2.37. The van der Waals surface area contributed by atoms with E-state index in [9.17, 15) is 22.8 Å². The van der Waals surface area contributed by atoms with E-state index >= 15 is 0 Å². The number of nitriles is 1. The van der Waals surface area contributed by atoms with Gasteiger partial charge in [-0.3, -0.25) is 9.59 Å². The van der Waals surface area contributed by atoms with Gasteiger partial charge in [0.2, 0.25) is 5.91 Å². The quantitative estimate of drug-likeness (QED) is 0.823. The van der Waals surface area contributed by atoms with Crippen molar-refractivity contribution < 1.29 is 22.8 Å². The second-order valence-corrected chi connectivity index (χ2v) is 4.47. The van der Waals surface area contributed by atoms with Crippen molar-refractivity contribution in [2.24, 2.45) is 0 Å². The molecule has 0 unspecified atom stereocenters. The minimum Gasteiger partial charge on any atom is -0.330 e. The monoisotopic (exact) mass is 289 g/mol. The first-order chi connectivity index (χ1) is 9.20. The molecule has 0 aromatic heterocycles. The van der Waals surface area contributed by atoms with Crippen molar-refractivity contribution in [3.8, 4) is 6.07 Å². The Morgan fingerprint density at radius 1 is 1.50 bits per heavy atom. The number of hydrogen-bond donors (Lipinski definition) is 2. The van der Waals surface area contributed by atoms with Gasteiger partial charge in [0, 0.05) is 12.1 Å². The van der Waals surface area contributed by atoms with E-state index in [1.807, 2.05) is 5.32 Å². The number of allylic oxidation sites excluding steroid dienone is 1. The molecule has 1 aliphatic heterocycles. The Morgan fingerprint density at radius 3 is 2.55 bits per heavy atom. The lowest BCUT2D eigenvalue weighted by molar-refractivity contribution is -0.189. The van der Waals surface area contributed by atoms with Gasteiger partial charge in [-0.1, -0.05) is 13.3 Å². The van der Waals surface area contributed by atoms with Crippen LogP contribution in [-0.2, 0) is 9.59 Å². The van der Waals surface area contributed by atoms with Gasteiger partial charge in [0.25, 0.3) is 11.4 Å². The van der Waals surface area contributed by atoms with Crippen molar-refractivity contribution >= 4 is 11.8 Å². The summed E-state index contributed by atoms with van der Waals surface area (Å²) < 4.78 is 39.9. The van der Waals surface area contributed by atoms with E-state index in [0.717, 1.165) is 0 Å². The van der Waals surface area contributed by atoms with Crippen LogP contribution in [-0.4, -0.2) is 23.5 Å². The van der Waals surface area contributed by atoms with Crippen molar-refractivity contribution in [2.75, 3.05) is 0 Å². The summed E-state index contributed by atoms with van der Waals surface area (Å²) in [6.45, 7) is 2.96. The van der Waals surface area contributed by atoms with Crippen LogP contribution in [0.25, 0.3) is 0 Å². The Balaban J connectivity index is 3.23. The van der Waals surface area contributed by atoms with E-state index in [1.165, 1.54) is 13.0 Å². The van der Waals surface area contributed by atoms with Crippen LogP contribution in [0.1, 0.15) is 33.1 Å². The second-order valence-electron chi connectivity index (χ2n) is 4.47. The maximum Gasteiger partial charge on any atom is 0.425 e. The third-order valence-corrected chi connectivity index (χ3v) is 3.01. The summed E-state index contributed by atoms with van der Waals surface area (Å²) in [4.78, 5) is 23.3. The second kappa shape index (κ2) is 5.53. The molecule has 0 saturated heterocycles. The smallest absolute Gasteiger partial charge is 0.330 e. The molecule has 110 valence electrons. The van der Waals surface area contributed by atoms with Crippen LogP contribution in [0.5, 0.6) is 0 Å². The summed E-state index contributed by atoms with van der Waals surface area (Å²) in [6, 6.07) is 1.36. The van der Waals surface area contributed by atoms with Crippen molar-refractivity contribution in [1.82, 2.24) is 10.6 Å². The fraction of sp³-hybridized carbons (Fsp3) is 0.583. The van der Waals surface area contributed by atoms with Gasteiger partial charge in [-0.25, -0.2) is 0 Å². The van der Waals surface area contributed by atoms with Crippen molar-refractivity contribution in [3.05, 3.63) is 11.3 Å². The molecule has 1 atom stereocenters. The summed E-state index contributed by atoms with van der Waals surface area (Å²) >= 11 is 0. The van der Waals surface area contributed by atoms with E-state index in [1.54, 1.807) is 12.2 Å². The van der Waals surface area contributed by atoms with Gasteiger partial charge in [0.1, 0.15) is 0 Å². The van der Waals surface area contributed by atoms with Crippen LogP contribution < -0.4 is 10.6 Å². The Kier molecular flexibility index (Phi) is 4.43. The van der Waals surface area contributed by atoms with Crippen molar-refractivity contribution in [2.45, 2.75) is 44.8 Å². The third kappa shape index (κ3) is 2.48. The first kappa shape index (κ1) is 16.0. The van der Waals surface area contributed by atoms with Crippen LogP contribution in [0, 0.1) is 11.3 Å². The standard InChI is InChI=1S/C12H14F3N3O2/c1-3-4-5-9(19)18-11(12(13,14)15)8(6-16)7(2)17-10(11)20/h3-5H2,1-2H3,(H,17,20)(H,18,19)/t11-/m0/s1. The van der Waals surface area contributed by atoms with Gasteiger partial charge >= 0.3 is 6.18 Å². The summed E-state index contributed by atoms with van der Waals surface area (Å²) in [7, 11) is 0. The Bertz CT molecular complexity index is 505. The fourth-order valence-corrected chi connectivity index (χ4v) is 1.96. The third-order valence-electron chi connectivity index (χ3n) is 3.01. The zero-order valence-corrected chi connectivity index (χ0v) is 11.0. The lowest BCUT2D eigenvalue weighted by Gasteiger charge is -2.30. The molecular formula is C12H14F3N3O2. The zero-order valence-electron chi connectivity index (χ0n) is 11.0. The summed E-state index contributed by atoms with van der Waals surface area (Å²) in [6.07, 6.45) is -4.22. The number of halogens is 3. The van der Waals surface area contributed by atoms with Gasteiger partial charge < -0.3 is 10.6 Å². The van der Waals surface area contributed by atoms with Gasteiger partial charge in [0.05, 0.1) is 11.6 Å². The fourth-order valence-electron chi connectivity index (χ4n) is 1.96. The molecule has 0 saturated carbocycles. The van der Waals surface area contributed by atoms with E-state index in [-0.39, 0.29) is 12.1 Å². The molecule has 2 amide bonds. The summed E-state index contributed by atoms with van der Waals surface area (Å²) in [5.41, 5.74) is -4.30. The van der Waals surface area contributed by atoms with Crippen LogP contribution in [0.4, 0.5) is 13.2 Å². The van der Waals surface area contributed by atoms with E-state index in [4.69, 9.17) is 5.26 Å².